The Balaban J connectivity index is 1.87. The quantitative estimate of drug-likeness (QED) is 0.811. The minimum absolute atomic E-state index is 0.0108. The van der Waals surface area contributed by atoms with Gasteiger partial charge in [-0.05, 0) is 26.3 Å². The summed E-state index contributed by atoms with van der Waals surface area (Å²) in [6.07, 6.45) is 3.92. The summed E-state index contributed by atoms with van der Waals surface area (Å²) >= 11 is 0. The second kappa shape index (κ2) is 5.25. The van der Waals surface area contributed by atoms with E-state index in [2.05, 4.69) is 23.6 Å². The Kier molecular flexibility index (Phi) is 4.11. The zero-order valence-electron chi connectivity index (χ0n) is 11.7. The Bertz CT molecular complexity index is 253. The van der Waals surface area contributed by atoms with Crippen LogP contribution in [0.5, 0.6) is 0 Å². The van der Waals surface area contributed by atoms with E-state index in [0.29, 0.717) is 0 Å². The lowest BCUT2D eigenvalue weighted by Crippen LogP contribution is -2.56. The van der Waals surface area contributed by atoms with Crippen LogP contribution in [0.25, 0.3) is 0 Å². The summed E-state index contributed by atoms with van der Waals surface area (Å²) in [4.78, 5) is 5.22. The van der Waals surface area contributed by atoms with Gasteiger partial charge in [-0.2, -0.15) is 0 Å². The smallest absolute Gasteiger partial charge is 0.0575 e. The second-order valence-electron chi connectivity index (χ2n) is 6.59. The topological polar surface area (TPSA) is 26.7 Å². The van der Waals surface area contributed by atoms with Crippen molar-refractivity contribution in [1.82, 2.24) is 9.80 Å². The van der Waals surface area contributed by atoms with Gasteiger partial charge in [0.15, 0.2) is 0 Å². The maximum absolute atomic E-state index is 9.81. The zero-order valence-corrected chi connectivity index (χ0v) is 11.7. The molecule has 1 N–H and O–H groups in total. The number of aliphatic hydroxyl groups excluding tert-OH is 1. The molecule has 17 heavy (non-hydrogen) atoms. The lowest BCUT2D eigenvalue weighted by Gasteiger charge is -2.46. The van der Waals surface area contributed by atoms with Gasteiger partial charge in [0.1, 0.15) is 0 Å². The van der Waals surface area contributed by atoms with Crippen molar-refractivity contribution in [2.45, 2.75) is 52.2 Å². The summed E-state index contributed by atoms with van der Waals surface area (Å²) in [5.74, 6) is 0. The lowest BCUT2D eigenvalue weighted by molar-refractivity contribution is -0.00479. The number of hydrogen-bond donors (Lipinski definition) is 1. The third-order valence-electron chi connectivity index (χ3n) is 4.68. The number of aliphatic hydroxyl groups is 1. The molecule has 0 amide bonds. The lowest BCUT2D eigenvalue weighted by atomic mass is 9.86. The van der Waals surface area contributed by atoms with Gasteiger partial charge < -0.3 is 5.11 Å². The molecule has 2 aliphatic heterocycles. The van der Waals surface area contributed by atoms with E-state index < -0.39 is 0 Å². The number of fused-ring (bicyclic) bond motifs is 1. The van der Waals surface area contributed by atoms with Gasteiger partial charge in [0.25, 0.3) is 0 Å². The molecule has 0 aromatic carbocycles. The van der Waals surface area contributed by atoms with E-state index in [0.717, 1.165) is 12.6 Å². The fourth-order valence-corrected chi connectivity index (χ4v) is 3.07. The van der Waals surface area contributed by atoms with Gasteiger partial charge >= 0.3 is 0 Å². The van der Waals surface area contributed by atoms with E-state index in [1.807, 2.05) is 6.92 Å². The van der Waals surface area contributed by atoms with Gasteiger partial charge in [-0.15, -0.1) is 0 Å². The molecule has 0 bridgehead atoms. The Morgan fingerprint density at radius 1 is 1.24 bits per heavy atom. The molecule has 0 spiro atoms. The molecule has 0 aromatic rings. The van der Waals surface area contributed by atoms with E-state index in [1.54, 1.807) is 0 Å². The highest BCUT2D eigenvalue weighted by Gasteiger charge is 2.33. The molecule has 0 saturated carbocycles. The SMILES string of the molecule is CC(O)C(C)(C)CN1CCN2CCCCC2C1. The molecule has 0 aliphatic carbocycles. The van der Waals surface area contributed by atoms with Crippen molar-refractivity contribution in [3.8, 4) is 0 Å². The first-order valence-electron chi connectivity index (χ1n) is 7.13. The number of rotatable bonds is 3. The van der Waals surface area contributed by atoms with Gasteiger partial charge in [-0.25, -0.2) is 0 Å². The molecule has 2 atom stereocenters. The molecule has 2 aliphatic rings. The molecule has 0 radical (unpaired) electrons. The average molecular weight is 240 g/mol. The zero-order chi connectivity index (χ0) is 12.5. The third-order valence-corrected chi connectivity index (χ3v) is 4.68. The van der Waals surface area contributed by atoms with Crippen LogP contribution in [0, 0.1) is 5.41 Å². The fourth-order valence-electron chi connectivity index (χ4n) is 3.07. The van der Waals surface area contributed by atoms with Crippen LogP contribution in [0.4, 0.5) is 0 Å². The molecule has 2 unspecified atom stereocenters. The minimum Gasteiger partial charge on any atom is -0.393 e. The predicted molar refractivity (Wildman–Crippen MR) is 71.1 cm³/mol. The second-order valence-corrected chi connectivity index (χ2v) is 6.59. The largest absolute Gasteiger partial charge is 0.393 e. The summed E-state index contributed by atoms with van der Waals surface area (Å²) in [7, 11) is 0. The van der Waals surface area contributed by atoms with Crippen molar-refractivity contribution in [3.63, 3.8) is 0 Å². The normalized spacial score (nSPS) is 30.0. The van der Waals surface area contributed by atoms with Gasteiger partial charge in [0.05, 0.1) is 6.10 Å². The fraction of sp³-hybridized carbons (Fsp3) is 1.00. The number of hydrogen-bond acceptors (Lipinski definition) is 3. The highest BCUT2D eigenvalue weighted by molar-refractivity contribution is 4.88. The first-order valence-corrected chi connectivity index (χ1v) is 7.13. The van der Waals surface area contributed by atoms with Crippen LogP contribution in [-0.2, 0) is 0 Å². The van der Waals surface area contributed by atoms with Crippen LogP contribution in [0.1, 0.15) is 40.0 Å². The van der Waals surface area contributed by atoms with Crippen LogP contribution < -0.4 is 0 Å². The average Bonchev–Trinajstić information content (AvgIpc) is 2.28. The van der Waals surface area contributed by atoms with E-state index in [1.165, 1.54) is 45.4 Å². The molecular weight excluding hydrogens is 212 g/mol. The maximum Gasteiger partial charge on any atom is 0.0575 e. The predicted octanol–water partition coefficient (Wildman–Crippen LogP) is 1.56. The summed E-state index contributed by atoms with van der Waals surface area (Å²) in [5, 5.41) is 9.81. The van der Waals surface area contributed by atoms with E-state index >= 15 is 0 Å². The van der Waals surface area contributed by atoms with Crippen LogP contribution in [-0.4, -0.2) is 59.8 Å². The molecule has 2 saturated heterocycles. The van der Waals surface area contributed by atoms with Crippen molar-refractivity contribution < 1.29 is 5.11 Å². The van der Waals surface area contributed by atoms with Crippen molar-refractivity contribution in [2.75, 3.05) is 32.7 Å². The van der Waals surface area contributed by atoms with E-state index in [9.17, 15) is 5.11 Å². The first-order chi connectivity index (χ1) is 7.99. The van der Waals surface area contributed by atoms with Crippen molar-refractivity contribution in [1.29, 1.82) is 0 Å². The Morgan fingerprint density at radius 3 is 2.71 bits per heavy atom. The van der Waals surface area contributed by atoms with Crippen molar-refractivity contribution in [3.05, 3.63) is 0 Å². The van der Waals surface area contributed by atoms with Crippen LogP contribution >= 0.6 is 0 Å². The van der Waals surface area contributed by atoms with Crippen molar-refractivity contribution >= 4 is 0 Å². The van der Waals surface area contributed by atoms with Gasteiger partial charge in [0.2, 0.25) is 0 Å². The summed E-state index contributed by atoms with van der Waals surface area (Å²) in [6.45, 7) is 12.2. The van der Waals surface area contributed by atoms with E-state index in [4.69, 9.17) is 0 Å². The van der Waals surface area contributed by atoms with Crippen molar-refractivity contribution in [2.24, 2.45) is 5.41 Å². The minimum atomic E-state index is -0.230. The first kappa shape index (κ1) is 13.3. The Morgan fingerprint density at radius 2 is 2.00 bits per heavy atom. The molecule has 0 aromatic heterocycles. The molecule has 3 nitrogen and oxygen atoms in total. The highest BCUT2D eigenvalue weighted by Crippen LogP contribution is 2.26. The number of nitrogens with zero attached hydrogens (tertiary/aromatic N) is 2. The summed E-state index contributed by atoms with van der Waals surface area (Å²) in [5.41, 5.74) is 0.0108. The maximum atomic E-state index is 9.81. The van der Waals surface area contributed by atoms with Crippen LogP contribution in [0.3, 0.4) is 0 Å². The van der Waals surface area contributed by atoms with Gasteiger partial charge in [-0.1, -0.05) is 20.3 Å². The molecular formula is C14H28N2O. The molecule has 3 heteroatoms. The van der Waals surface area contributed by atoms with Crippen LogP contribution in [0.15, 0.2) is 0 Å². The Labute approximate surface area is 106 Å². The van der Waals surface area contributed by atoms with Gasteiger partial charge in [-0.3, -0.25) is 9.80 Å². The standard InChI is InChI=1S/C14H28N2O/c1-12(17)14(2,3)11-15-8-9-16-7-5-4-6-13(16)10-15/h12-13,17H,4-11H2,1-3H3. The third kappa shape index (κ3) is 3.21. The monoisotopic (exact) mass is 240 g/mol. The molecule has 2 heterocycles. The summed E-state index contributed by atoms with van der Waals surface area (Å²) in [6, 6.07) is 0.780. The molecule has 2 rings (SSSR count). The molecule has 100 valence electrons. The van der Waals surface area contributed by atoms with E-state index in [-0.39, 0.29) is 11.5 Å². The van der Waals surface area contributed by atoms with Crippen LogP contribution in [0.2, 0.25) is 0 Å². The Hall–Kier alpha value is -0.120. The summed E-state index contributed by atoms with van der Waals surface area (Å²) < 4.78 is 0. The molecule has 2 fully saturated rings. The number of piperidine rings is 1. The highest BCUT2D eigenvalue weighted by atomic mass is 16.3. The number of piperazine rings is 1. The van der Waals surface area contributed by atoms with Gasteiger partial charge in [0, 0.05) is 37.6 Å².